The molecule has 8 heteroatoms. The van der Waals surface area contributed by atoms with Crippen molar-refractivity contribution < 1.29 is 9.47 Å². The fourth-order valence-electron chi connectivity index (χ4n) is 4.69. The maximum absolute atomic E-state index is 9.49. The van der Waals surface area contributed by atoms with Crippen LogP contribution in [0.5, 0.6) is 11.5 Å². The largest absolute Gasteiger partial charge is 0.492 e. The summed E-state index contributed by atoms with van der Waals surface area (Å²) in [6.07, 6.45) is 9.59. The fourth-order valence-corrected chi connectivity index (χ4v) is 4.69. The molecule has 2 aromatic carbocycles. The highest BCUT2D eigenvalue weighted by atomic mass is 16.5. The van der Waals surface area contributed by atoms with Crippen LogP contribution in [0, 0.1) is 11.3 Å². The van der Waals surface area contributed by atoms with Gasteiger partial charge in [-0.1, -0.05) is 24.6 Å². The van der Waals surface area contributed by atoms with Crippen LogP contribution in [0.25, 0.3) is 27.9 Å². The normalized spacial score (nSPS) is 14.1. The Bertz CT molecular complexity index is 1400. The molecular weight excluding hydrogens is 476 g/mol. The van der Waals surface area contributed by atoms with E-state index in [1.54, 1.807) is 16.8 Å². The third-order valence-electron chi connectivity index (χ3n) is 6.88. The van der Waals surface area contributed by atoms with Crippen LogP contribution in [0.15, 0.2) is 61.1 Å². The predicted molar refractivity (Wildman–Crippen MR) is 148 cm³/mol. The highest BCUT2D eigenvalue weighted by molar-refractivity contribution is 5.79. The molecule has 0 unspecified atom stereocenters. The zero-order valence-electron chi connectivity index (χ0n) is 22.1. The van der Waals surface area contributed by atoms with Crippen molar-refractivity contribution in [1.29, 1.82) is 5.26 Å². The zero-order chi connectivity index (χ0) is 26.3. The molecule has 0 N–H and O–H groups in total. The molecule has 0 saturated carbocycles. The van der Waals surface area contributed by atoms with Crippen molar-refractivity contribution in [2.75, 3.05) is 53.5 Å². The minimum absolute atomic E-state index is 0.504. The monoisotopic (exact) mass is 510 g/mol. The number of fused-ring (bicyclic) bond motifs is 1. The van der Waals surface area contributed by atoms with Crippen LogP contribution in [0.4, 0.5) is 0 Å². The fraction of sp³-hybridized carbons (Fsp3) is 0.367. The van der Waals surface area contributed by atoms with Crippen LogP contribution < -0.4 is 9.47 Å². The van der Waals surface area contributed by atoms with Crippen LogP contribution in [0.1, 0.15) is 24.8 Å². The number of hydrogen-bond donors (Lipinski definition) is 0. The number of likely N-dealkylation sites (N-methyl/N-ethyl adjacent to an activating group) is 1. The Morgan fingerprint density at radius 1 is 0.921 bits per heavy atom. The highest BCUT2D eigenvalue weighted by Gasteiger charge is 2.13. The summed E-state index contributed by atoms with van der Waals surface area (Å²) in [5.74, 6) is 1.45. The summed E-state index contributed by atoms with van der Waals surface area (Å²) in [7, 11) is 3.98. The molecule has 0 amide bonds. The lowest BCUT2D eigenvalue weighted by Gasteiger charge is -2.26. The molecule has 196 valence electrons. The molecular formula is C30H34N6O2. The number of ether oxygens (including phenoxy) is 2. The van der Waals surface area contributed by atoms with Crippen molar-refractivity contribution in [2.45, 2.75) is 19.3 Å². The molecule has 0 radical (unpaired) electrons. The Morgan fingerprint density at radius 2 is 1.71 bits per heavy atom. The first-order valence-electron chi connectivity index (χ1n) is 13.2. The van der Waals surface area contributed by atoms with Gasteiger partial charge in [0.25, 0.3) is 0 Å². The summed E-state index contributed by atoms with van der Waals surface area (Å²) in [6, 6.07) is 15.9. The summed E-state index contributed by atoms with van der Waals surface area (Å²) < 4.78 is 13.7. The van der Waals surface area contributed by atoms with Gasteiger partial charge in [0.15, 0.2) is 5.65 Å². The van der Waals surface area contributed by atoms with Gasteiger partial charge >= 0.3 is 0 Å². The standard InChI is InChI=1S/C30H34N6O2/c1-34(2)14-16-38-29-18-24(6-7-25(29)19-31)28-21-33-36-22-26(20-32-30(28)36)23-8-10-27(11-9-23)37-17-15-35-12-4-3-5-13-35/h6-11,18,20-22H,3-5,12-17H2,1-2H3. The Hall–Kier alpha value is -3.93. The molecule has 8 nitrogen and oxygen atoms in total. The summed E-state index contributed by atoms with van der Waals surface area (Å²) >= 11 is 0. The van der Waals surface area contributed by atoms with E-state index in [-0.39, 0.29) is 0 Å². The van der Waals surface area contributed by atoms with Gasteiger partial charge in [0.2, 0.25) is 0 Å². The van der Waals surface area contributed by atoms with Gasteiger partial charge in [0, 0.05) is 36.6 Å². The number of rotatable bonds is 10. The zero-order valence-corrected chi connectivity index (χ0v) is 22.1. The van der Waals surface area contributed by atoms with Crippen molar-refractivity contribution >= 4 is 5.65 Å². The molecule has 1 fully saturated rings. The summed E-state index contributed by atoms with van der Waals surface area (Å²) in [5, 5.41) is 14.0. The summed E-state index contributed by atoms with van der Waals surface area (Å²) in [5.41, 5.74) is 5.07. The molecule has 0 aliphatic carbocycles. The number of piperidine rings is 1. The molecule has 38 heavy (non-hydrogen) atoms. The number of nitrogens with zero attached hydrogens (tertiary/aromatic N) is 6. The number of aromatic nitrogens is 3. The van der Waals surface area contributed by atoms with E-state index in [2.05, 4.69) is 28.2 Å². The second-order valence-corrected chi connectivity index (χ2v) is 9.92. The topological polar surface area (TPSA) is 78.9 Å². The predicted octanol–water partition coefficient (Wildman–Crippen LogP) is 4.74. The average Bonchev–Trinajstić information content (AvgIpc) is 3.37. The molecule has 1 aliphatic rings. The van der Waals surface area contributed by atoms with Gasteiger partial charge in [-0.25, -0.2) is 9.50 Å². The highest BCUT2D eigenvalue weighted by Crippen LogP contribution is 2.30. The maximum Gasteiger partial charge on any atom is 0.162 e. The second kappa shape index (κ2) is 12.1. The van der Waals surface area contributed by atoms with E-state index in [9.17, 15) is 5.26 Å². The lowest BCUT2D eigenvalue weighted by molar-refractivity contribution is 0.183. The van der Waals surface area contributed by atoms with Crippen molar-refractivity contribution in [1.82, 2.24) is 24.4 Å². The van der Waals surface area contributed by atoms with E-state index in [1.165, 1.54) is 32.4 Å². The Labute approximate surface area is 224 Å². The average molecular weight is 511 g/mol. The first kappa shape index (κ1) is 25.7. The molecule has 1 aliphatic heterocycles. The molecule has 0 bridgehead atoms. The Kier molecular flexibility index (Phi) is 8.17. The minimum Gasteiger partial charge on any atom is -0.492 e. The number of hydrogen-bond acceptors (Lipinski definition) is 7. The number of benzene rings is 2. The lowest BCUT2D eigenvalue weighted by Crippen LogP contribution is -2.33. The van der Waals surface area contributed by atoms with Gasteiger partial charge < -0.3 is 14.4 Å². The Morgan fingerprint density at radius 3 is 2.47 bits per heavy atom. The van der Waals surface area contributed by atoms with E-state index in [1.807, 2.05) is 55.7 Å². The van der Waals surface area contributed by atoms with E-state index in [0.29, 0.717) is 24.5 Å². The Balaban J connectivity index is 1.28. The van der Waals surface area contributed by atoms with Gasteiger partial charge in [0.05, 0.1) is 11.8 Å². The first-order valence-corrected chi connectivity index (χ1v) is 13.2. The quantitative estimate of drug-likeness (QED) is 0.305. The van der Waals surface area contributed by atoms with Crippen molar-refractivity contribution in [3.63, 3.8) is 0 Å². The van der Waals surface area contributed by atoms with E-state index >= 15 is 0 Å². The van der Waals surface area contributed by atoms with E-state index in [4.69, 9.17) is 14.5 Å². The SMILES string of the molecule is CN(C)CCOc1cc(-c2cnn3cc(-c4ccc(OCCN5CCCCC5)cc4)cnc23)ccc1C#N. The van der Waals surface area contributed by atoms with Crippen LogP contribution in [-0.4, -0.2) is 77.9 Å². The van der Waals surface area contributed by atoms with Gasteiger partial charge in [-0.15, -0.1) is 0 Å². The van der Waals surface area contributed by atoms with Crippen molar-refractivity contribution in [3.05, 3.63) is 66.6 Å². The molecule has 5 rings (SSSR count). The molecule has 3 heterocycles. The third-order valence-corrected chi connectivity index (χ3v) is 6.88. The van der Waals surface area contributed by atoms with Crippen LogP contribution in [0.3, 0.4) is 0 Å². The van der Waals surface area contributed by atoms with Gasteiger partial charge in [0.1, 0.15) is 30.8 Å². The summed E-state index contributed by atoms with van der Waals surface area (Å²) in [6.45, 7) is 5.33. The van der Waals surface area contributed by atoms with Crippen LogP contribution >= 0.6 is 0 Å². The molecule has 1 saturated heterocycles. The molecule has 4 aromatic rings. The number of likely N-dealkylation sites (tertiary alicyclic amines) is 1. The third kappa shape index (κ3) is 6.13. The molecule has 0 spiro atoms. The second-order valence-electron chi connectivity index (χ2n) is 9.92. The van der Waals surface area contributed by atoms with Crippen LogP contribution in [-0.2, 0) is 0 Å². The summed E-state index contributed by atoms with van der Waals surface area (Å²) in [4.78, 5) is 9.25. The lowest BCUT2D eigenvalue weighted by atomic mass is 10.1. The van der Waals surface area contributed by atoms with Gasteiger partial charge in [-0.05, 0) is 75.4 Å². The van der Waals surface area contributed by atoms with Gasteiger partial charge in [-0.3, -0.25) is 4.90 Å². The van der Waals surface area contributed by atoms with E-state index < -0.39 is 0 Å². The van der Waals surface area contributed by atoms with Crippen molar-refractivity contribution in [2.24, 2.45) is 0 Å². The van der Waals surface area contributed by atoms with Crippen molar-refractivity contribution in [3.8, 4) is 39.8 Å². The molecule has 2 aromatic heterocycles. The smallest absolute Gasteiger partial charge is 0.162 e. The minimum atomic E-state index is 0.504. The van der Waals surface area contributed by atoms with E-state index in [0.717, 1.165) is 46.7 Å². The molecule has 0 atom stereocenters. The van der Waals surface area contributed by atoms with Gasteiger partial charge in [-0.2, -0.15) is 10.4 Å². The number of nitriles is 1. The van der Waals surface area contributed by atoms with Crippen LogP contribution in [0.2, 0.25) is 0 Å². The maximum atomic E-state index is 9.49. The first-order chi connectivity index (χ1) is 18.6.